The van der Waals surface area contributed by atoms with Crippen molar-refractivity contribution in [3.8, 4) is 0 Å². The highest BCUT2D eigenvalue weighted by molar-refractivity contribution is 5.79. The molecule has 0 bridgehead atoms. The Hall–Kier alpha value is -1.46. The van der Waals surface area contributed by atoms with Crippen molar-refractivity contribution < 1.29 is 13.9 Å². The van der Waals surface area contributed by atoms with Crippen LogP contribution in [0.3, 0.4) is 0 Å². The van der Waals surface area contributed by atoms with E-state index in [0.29, 0.717) is 17.8 Å². The summed E-state index contributed by atoms with van der Waals surface area (Å²) in [4.78, 5) is 17.4. The van der Waals surface area contributed by atoms with E-state index in [1.807, 2.05) is 11.0 Å². The Morgan fingerprint density at radius 2 is 2.08 bits per heavy atom. The number of morpholine rings is 1. The van der Waals surface area contributed by atoms with E-state index in [1.54, 1.807) is 6.07 Å². The van der Waals surface area contributed by atoms with Crippen LogP contribution in [0.2, 0.25) is 0 Å². The van der Waals surface area contributed by atoms with Crippen LogP contribution in [0.1, 0.15) is 25.8 Å². The summed E-state index contributed by atoms with van der Waals surface area (Å²) in [6.45, 7) is 11.0. The smallest absolute Gasteiger partial charge is 0.227 e. The molecule has 0 aromatic heterocycles. The van der Waals surface area contributed by atoms with Gasteiger partial charge in [0.2, 0.25) is 5.91 Å². The number of benzene rings is 1. The molecule has 2 heterocycles. The quantitative estimate of drug-likeness (QED) is 0.827. The third-order valence-corrected chi connectivity index (χ3v) is 6.64. The van der Waals surface area contributed by atoms with Gasteiger partial charge in [-0.25, -0.2) is 4.39 Å². The van der Waals surface area contributed by atoms with Gasteiger partial charge in [-0.05, 0) is 35.4 Å². The molecule has 1 amide bonds. The number of rotatable bonds is 4. The zero-order valence-electron chi connectivity index (χ0n) is 15.8. The minimum atomic E-state index is -0.276. The summed E-state index contributed by atoms with van der Waals surface area (Å²) in [5.74, 6) is 0.401. The molecule has 4 nitrogen and oxygen atoms in total. The Morgan fingerprint density at radius 1 is 1.31 bits per heavy atom. The van der Waals surface area contributed by atoms with Crippen molar-refractivity contribution in [2.24, 2.45) is 16.7 Å². The number of nitrogens with zero attached hydrogens (tertiary/aromatic N) is 2. The van der Waals surface area contributed by atoms with Gasteiger partial charge in [-0.15, -0.1) is 0 Å². The molecular weight excluding hydrogens is 331 g/mol. The highest BCUT2D eigenvalue weighted by atomic mass is 19.1. The van der Waals surface area contributed by atoms with E-state index in [0.717, 1.165) is 51.5 Å². The Bertz CT molecular complexity index is 686. The summed E-state index contributed by atoms with van der Waals surface area (Å²) in [6.07, 6.45) is 1.46. The first-order chi connectivity index (χ1) is 12.4. The van der Waals surface area contributed by atoms with Crippen LogP contribution in [0.25, 0.3) is 0 Å². The first-order valence-corrected chi connectivity index (χ1v) is 9.70. The standard InChI is InChI=1S/C21H29FN2O2/c1-20(2)13-21(14-23-6-8-26-9-7-23)15-24(12-18(20)21)19(25)11-16-4-3-5-17(22)10-16/h3-5,10,18H,6-9,11-15H2,1-2H3/t18-,21+/m1/s1. The van der Waals surface area contributed by atoms with Crippen LogP contribution >= 0.6 is 0 Å². The second kappa shape index (κ2) is 6.61. The lowest BCUT2D eigenvalue weighted by Gasteiger charge is -2.58. The Kier molecular flexibility index (Phi) is 4.56. The van der Waals surface area contributed by atoms with Crippen LogP contribution in [-0.4, -0.2) is 61.6 Å². The van der Waals surface area contributed by atoms with Gasteiger partial charge in [-0.2, -0.15) is 0 Å². The highest BCUT2D eigenvalue weighted by Gasteiger charge is 2.63. The van der Waals surface area contributed by atoms with Gasteiger partial charge in [0.05, 0.1) is 19.6 Å². The number of likely N-dealkylation sites (tertiary alicyclic amines) is 1. The minimum Gasteiger partial charge on any atom is -0.379 e. The molecule has 0 radical (unpaired) electrons. The normalized spacial score (nSPS) is 30.7. The molecule has 0 N–H and O–H groups in total. The Balaban J connectivity index is 1.45. The maximum absolute atomic E-state index is 13.4. The number of hydrogen-bond acceptors (Lipinski definition) is 3. The molecule has 1 aliphatic carbocycles. The summed E-state index contributed by atoms with van der Waals surface area (Å²) in [5, 5.41) is 0. The van der Waals surface area contributed by atoms with Crippen LogP contribution in [-0.2, 0) is 16.0 Å². The molecule has 2 atom stereocenters. The topological polar surface area (TPSA) is 32.8 Å². The lowest BCUT2D eigenvalue weighted by molar-refractivity contribution is -0.130. The molecule has 2 aliphatic heterocycles. The van der Waals surface area contributed by atoms with Gasteiger partial charge in [0.1, 0.15) is 5.82 Å². The number of halogens is 1. The molecule has 1 saturated carbocycles. The monoisotopic (exact) mass is 360 g/mol. The molecule has 1 aromatic carbocycles. The highest BCUT2D eigenvalue weighted by Crippen LogP contribution is 2.63. The molecular formula is C21H29FN2O2. The molecule has 0 spiro atoms. The molecule has 3 fully saturated rings. The van der Waals surface area contributed by atoms with Gasteiger partial charge in [0, 0.05) is 38.1 Å². The van der Waals surface area contributed by atoms with E-state index >= 15 is 0 Å². The Morgan fingerprint density at radius 3 is 2.77 bits per heavy atom. The fraction of sp³-hybridized carbons (Fsp3) is 0.667. The van der Waals surface area contributed by atoms with E-state index in [4.69, 9.17) is 4.74 Å². The van der Waals surface area contributed by atoms with Crippen LogP contribution < -0.4 is 0 Å². The van der Waals surface area contributed by atoms with E-state index in [2.05, 4.69) is 18.7 Å². The van der Waals surface area contributed by atoms with E-state index in [-0.39, 0.29) is 17.1 Å². The van der Waals surface area contributed by atoms with Gasteiger partial charge in [-0.3, -0.25) is 9.69 Å². The Labute approximate surface area is 155 Å². The SMILES string of the molecule is CC1(C)C[C@]2(CN3CCOCC3)CN(C(=O)Cc3cccc(F)c3)C[C@H]12. The van der Waals surface area contributed by atoms with Gasteiger partial charge in [-0.1, -0.05) is 26.0 Å². The predicted octanol–water partition coefficient (Wildman–Crippen LogP) is 2.58. The maximum Gasteiger partial charge on any atom is 0.227 e. The minimum absolute atomic E-state index is 0.127. The van der Waals surface area contributed by atoms with Crippen molar-refractivity contribution in [3.63, 3.8) is 0 Å². The fourth-order valence-corrected chi connectivity index (χ4v) is 5.67. The summed E-state index contributed by atoms with van der Waals surface area (Å²) in [7, 11) is 0. The molecule has 142 valence electrons. The van der Waals surface area contributed by atoms with Crippen LogP contribution in [0.15, 0.2) is 24.3 Å². The first-order valence-electron chi connectivity index (χ1n) is 9.70. The number of hydrogen-bond donors (Lipinski definition) is 0. The van der Waals surface area contributed by atoms with Crippen molar-refractivity contribution in [1.29, 1.82) is 0 Å². The second-order valence-corrected chi connectivity index (χ2v) is 9.05. The third kappa shape index (κ3) is 3.27. The van der Waals surface area contributed by atoms with Crippen LogP contribution in [0.5, 0.6) is 0 Å². The fourth-order valence-electron chi connectivity index (χ4n) is 5.67. The van der Waals surface area contributed by atoms with Crippen LogP contribution in [0.4, 0.5) is 4.39 Å². The van der Waals surface area contributed by atoms with E-state index in [1.165, 1.54) is 18.6 Å². The van der Waals surface area contributed by atoms with Crippen molar-refractivity contribution in [2.45, 2.75) is 26.7 Å². The maximum atomic E-state index is 13.4. The van der Waals surface area contributed by atoms with Gasteiger partial charge < -0.3 is 9.64 Å². The number of carbonyl (C=O) groups excluding carboxylic acids is 1. The van der Waals surface area contributed by atoms with E-state index in [9.17, 15) is 9.18 Å². The van der Waals surface area contributed by atoms with Gasteiger partial charge in [0.25, 0.3) is 0 Å². The van der Waals surface area contributed by atoms with Gasteiger partial charge >= 0.3 is 0 Å². The lowest BCUT2D eigenvalue weighted by Crippen LogP contribution is -2.59. The summed E-state index contributed by atoms with van der Waals surface area (Å²) in [6, 6.07) is 6.40. The van der Waals surface area contributed by atoms with Crippen molar-refractivity contribution in [3.05, 3.63) is 35.6 Å². The number of ether oxygens (including phenoxy) is 1. The predicted molar refractivity (Wildman–Crippen MR) is 98.3 cm³/mol. The third-order valence-electron chi connectivity index (χ3n) is 6.64. The first kappa shape index (κ1) is 17.9. The molecule has 26 heavy (non-hydrogen) atoms. The largest absolute Gasteiger partial charge is 0.379 e. The number of carbonyl (C=O) groups is 1. The second-order valence-electron chi connectivity index (χ2n) is 9.05. The van der Waals surface area contributed by atoms with Gasteiger partial charge in [0.15, 0.2) is 0 Å². The number of fused-ring (bicyclic) bond motifs is 1. The zero-order valence-corrected chi connectivity index (χ0v) is 15.8. The van der Waals surface area contributed by atoms with Crippen molar-refractivity contribution in [1.82, 2.24) is 9.80 Å². The number of amides is 1. The summed E-state index contributed by atoms with van der Waals surface area (Å²) in [5.41, 5.74) is 1.27. The molecule has 0 unspecified atom stereocenters. The molecule has 3 aliphatic rings. The lowest BCUT2D eigenvalue weighted by atomic mass is 9.48. The molecule has 1 aromatic rings. The summed E-state index contributed by atoms with van der Waals surface area (Å²) >= 11 is 0. The molecule has 2 saturated heterocycles. The van der Waals surface area contributed by atoms with Crippen molar-refractivity contribution >= 4 is 5.91 Å². The average molecular weight is 360 g/mol. The zero-order chi connectivity index (χ0) is 18.4. The molecule has 5 heteroatoms. The average Bonchev–Trinajstić information content (AvgIpc) is 2.90. The van der Waals surface area contributed by atoms with Crippen molar-refractivity contribution in [2.75, 3.05) is 45.9 Å². The summed E-state index contributed by atoms with van der Waals surface area (Å²) < 4.78 is 18.9. The van der Waals surface area contributed by atoms with E-state index < -0.39 is 0 Å². The molecule has 4 rings (SSSR count). The van der Waals surface area contributed by atoms with Crippen LogP contribution in [0, 0.1) is 22.6 Å².